The van der Waals surface area contributed by atoms with Gasteiger partial charge in [-0.1, -0.05) is 29.3 Å². The van der Waals surface area contributed by atoms with Gasteiger partial charge in [-0.2, -0.15) is 0 Å². The zero-order chi connectivity index (χ0) is 18.6. The fourth-order valence-corrected chi connectivity index (χ4v) is 3.11. The van der Waals surface area contributed by atoms with E-state index in [9.17, 15) is 9.59 Å². The van der Waals surface area contributed by atoms with Crippen LogP contribution in [0.3, 0.4) is 0 Å². The quantitative estimate of drug-likeness (QED) is 0.738. The van der Waals surface area contributed by atoms with Crippen LogP contribution >= 0.6 is 34.5 Å². The van der Waals surface area contributed by atoms with E-state index in [1.807, 2.05) is 13.8 Å². The lowest BCUT2D eigenvalue weighted by atomic mass is 10.3. The van der Waals surface area contributed by atoms with Crippen LogP contribution < -0.4 is 5.32 Å². The van der Waals surface area contributed by atoms with Crippen LogP contribution in [0.4, 0.5) is 10.5 Å². The lowest BCUT2D eigenvalue weighted by molar-refractivity contribution is 0.0594. The second-order valence-electron chi connectivity index (χ2n) is 5.37. The number of halogens is 2. The van der Waals surface area contributed by atoms with Crippen molar-refractivity contribution < 1.29 is 14.3 Å². The number of urea groups is 1. The van der Waals surface area contributed by atoms with E-state index >= 15 is 0 Å². The highest BCUT2D eigenvalue weighted by Crippen LogP contribution is 2.30. The summed E-state index contributed by atoms with van der Waals surface area (Å²) in [4.78, 5) is 29.9. The Morgan fingerprint density at radius 3 is 2.72 bits per heavy atom. The lowest BCUT2D eigenvalue weighted by Crippen LogP contribution is -2.39. The van der Waals surface area contributed by atoms with Crippen molar-refractivity contribution >= 4 is 52.2 Å². The lowest BCUT2D eigenvalue weighted by Gasteiger charge is -2.26. The van der Waals surface area contributed by atoms with Gasteiger partial charge < -0.3 is 15.0 Å². The molecule has 1 N–H and O–H groups in total. The highest BCUT2D eigenvalue weighted by Gasteiger charge is 2.21. The average molecular weight is 402 g/mol. The van der Waals surface area contributed by atoms with E-state index in [1.54, 1.807) is 28.5 Å². The molecule has 0 saturated heterocycles. The first-order chi connectivity index (χ1) is 11.8. The van der Waals surface area contributed by atoms with Gasteiger partial charge in [-0.25, -0.2) is 14.6 Å². The topological polar surface area (TPSA) is 71.5 Å². The van der Waals surface area contributed by atoms with E-state index in [0.717, 1.165) is 0 Å². The molecular weight excluding hydrogens is 385 g/mol. The summed E-state index contributed by atoms with van der Waals surface area (Å²) in [6.45, 7) is 4.02. The van der Waals surface area contributed by atoms with Crippen LogP contribution in [0.25, 0.3) is 0 Å². The number of thiazole rings is 1. The Labute approximate surface area is 159 Å². The molecule has 0 bridgehead atoms. The van der Waals surface area contributed by atoms with Crippen LogP contribution in [-0.4, -0.2) is 35.0 Å². The van der Waals surface area contributed by atoms with Crippen molar-refractivity contribution in [3.05, 3.63) is 44.3 Å². The smallest absolute Gasteiger partial charge is 0.357 e. The molecule has 9 heteroatoms. The maximum absolute atomic E-state index is 12.6. The minimum absolute atomic E-state index is 0.0940. The largest absolute Gasteiger partial charge is 0.464 e. The SMILES string of the molecule is COC(=O)c1csc(CN(C(=O)Nc2cccc(Cl)c2Cl)C(C)C)n1. The third kappa shape index (κ3) is 4.84. The highest BCUT2D eigenvalue weighted by atomic mass is 35.5. The molecule has 134 valence electrons. The molecule has 0 unspecified atom stereocenters. The van der Waals surface area contributed by atoms with Gasteiger partial charge >= 0.3 is 12.0 Å². The van der Waals surface area contributed by atoms with Gasteiger partial charge in [-0.15, -0.1) is 11.3 Å². The summed E-state index contributed by atoms with van der Waals surface area (Å²) in [5.74, 6) is -0.506. The zero-order valence-corrected chi connectivity index (χ0v) is 16.2. The number of anilines is 1. The monoisotopic (exact) mass is 401 g/mol. The number of ether oxygens (including phenoxy) is 1. The molecule has 1 aromatic carbocycles. The summed E-state index contributed by atoms with van der Waals surface area (Å²) in [6, 6.07) is 4.58. The number of methoxy groups -OCH3 is 1. The van der Waals surface area contributed by atoms with Crippen molar-refractivity contribution in [2.45, 2.75) is 26.4 Å². The third-order valence-electron chi connectivity index (χ3n) is 3.33. The van der Waals surface area contributed by atoms with Gasteiger partial charge in [0.1, 0.15) is 5.01 Å². The molecule has 0 aliphatic rings. The number of carbonyl (C=O) groups excluding carboxylic acids is 2. The predicted molar refractivity (Wildman–Crippen MR) is 99.6 cm³/mol. The van der Waals surface area contributed by atoms with Gasteiger partial charge in [0.05, 0.1) is 29.4 Å². The Bertz CT molecular complexity index is 780. The maximum atomic E-state index is 12.6. The fraction of sp³-hybridized carbons (Fsp3) is 0.312. The summed E-state index contributed by atoms with van der Waals surface area (Å²) >= 11 is 13.4. The number of benzene rings is 1. The fourth-order valence-electron chi connectivity index (χ4n) is 2.00. The molecule has 0 radical (unpaired) electrons. The minimum atomic E-state index is -0.506. The number of hydrogen-bond acceptors (Lipinski definition) is 5. The molecular formula is C16H17Cl2N3O3S. The van der Waals surface area contributed by atoms with E-state index < -0.39 is 5.97 Å². The molecule has 1 aromatic heterocycles. The Balaban J connectivity index is 2.14. The molecule has 0 aliphatic heterocycles. The maximum Gasteiger partial charge on any atom is 0.357 e. The minimum Gasteiger partial charge on any atom is -0.464 e. The molecule has 0 atom stereocenters. The third-order valence-corrected chi connectivity index (χ3v) is 4.98. The molecule has 6 nitrogen and oxygen atoms in total. The van der Waals surface area contributed by atoms with Gasteiger partial charge in [0.25, 0.3) is 0 Å². The van der Waals surface area contributed by atoms with E-state index in [1.165, 1.54) is 18.4 Å². The predicted octanol–water partition coefficient (Wildman–Crippen LogP) is 4.68. The van der Waals surface area contributed by atoms with Crippen molar-refractivity contribution in [1.29, 1.82) is 0 Å². The summed E-state index contributed by atoms with van der Waals surface area (Å²) in [7, 11) is 1.30. The van der Waals surface area contributed by atoms with E-state index in [2.05, 4.69) is 15.0 Å². The summed E-state index contributed by atoms with van der Waals surface area (Å²) in [6.07, 6.45) is 0. The molecule has 0 fully saturated rings. The second kappa shape index (κ2) is 8.51. The molecule has 2 rings (SSSR count). The second-order valence-corrected chi connectivity index (χ2v) is 7.10. The van der Waals surface area contributed by atoms with Gasteiger partial charge in [-0.3, -0.25) is 0 Å². The molecule has 25 heavy (non-hydrogen) atoms. The Kier molecular flexibility index (Phi) is 6.64. The zero-order valence-electron chi connectivity index (χ0n) is 13.9. The molecule has 1 heterocycles. The van der Waals surface area contributed by atoms with Gasteiger partial charge in [0, 0.05) is 11.4 Å². The van der Waals surface area contributed by atoms with E-state index in [0.29, 0.717) is 15.7 Å². The number of nitrogens with one attached hydrogen (secondary N) is 1. The number of aromatic nitrogens is 1. The molecule has 0 saturated carbocycles. The van der Waals surface area contributed by atoms with Crippen LogP contribution in [0.5, 0.6) is 0 Å². The van der Waals surface area contributed by atoms with Gasteiger partial charge in [-0.05, 0) is 26.0 Å². The summed E-state index contributed by atoms with van der Waals surface area (Å²) in [5.41, 5.74) is 0.656. The highest BCUT2D eigenvalue weighted by molar-refractivity contribution is 7.09. The molecule has 0 spiro atoms. The average Bonchev–Trinajstić information content (AvgIpc) is 3.04. The standard InChI is InChI=1S/C16H17Cl2N3O3S/c1-9(2)21(7-13-19-12(8-25-13)15(22)24-3)16(23)20-11-6-4-5-10(17)14(11)18/h4-6,8-9H,7H2,1-3H3,(H,20,23). The first-order valence-corrected chi connectivity index (χ1v) is 9.01. The first kappa shape index (κ1) is 19.5. The number of nitrogens with zero attached hydrogens (tertiary/aromatic N) is 2. The number of hydrogen-bond donors (Lipinski definition) is 1. The summed E-state index contributed by atoms with van der Waals surface area (Å²) in [5, 5.41) is 5.62. The normalized spacial score (nSPS) is 10.6. The van der Waals surface area contributed by atoms with Crippen LogP contribution in [0, 0.1) is 0 Å². The Morgan fingerprint density at radius 1 is 1.36 bits per heavy atom. The van der Waals surface area contributed by atoms with Crippen LogP contribution in [-0.2, 0) is 11.3 Å². The Hall–Kier alpha value is -1.83. The Morgan fingerprint density at radius 2 is 2.08 bits per heavy atom. The molecule has 2 aromatic rings. The molecule has 0 aliphatic carbocycles. The van der Waals surface area contributed by atoms with Crippen LogP contribution in [0.1, 0.15) is 29.3 Å². The summed E-state index contributed by atoms with van der Waals surface area (Å²) < 4.78 is 4.64. The first-order valence-electron chi connectivity index (χ1n) is 7.37. The number of amides is 2. The van der Waals surface area contributed by atoms with Crippen molar-refractivity contribution in [2.24, 2.45) is 0 Å². The van der Waals surface area contributed by atoms with Gasteiger partial charge in [0.2, 0.25) is 0 Å². The number of rotatable bonds is 5. The number of carbonyl (C=O) groups is 2. The van der Waals surface area contributed by atoms with E-state index in [4.69, 9.17) is 23.2 Å². The van der Waals surface area contributed by atoms with Crippen molar-refractivity contribution in [2.75, 3.05) is 12.4 Å². The van der Waals surface area contributed by atoms with Gasteiger partial charge in [0.15, 0.2) is 5.69 Å². The van der Waals surface area contributed by atoms with Crippen molar-refractivity contribution in [1.82, 2.24) is 9.88 Å². The van der Waals surface area contributed by atoms with Crippen LogP contribution in [0.2, 0.25) is 10.0 Å². The molecule has 2 amide bonds. The van der Waals surface area contributed by atoms with Crippen molar-refractivity contribution in [3.63, 3.8) is 0 Å². The van der Waals surface area contributed by atoms with Crippen LogP contribution in [0.15, 0.2) is 23.6 Å². The van der Waals surface area contributed by atoms with Crippen molar-refractivity contribution in [3.8, 4) is 0 Å². The van der Waals surface area contributed by atoms with E-state index in [-0.39, 0.29) is 29.3 Å². The number of esters is 1.